The number of H-pyrrole nitrogens is 1. The van der Waals surface area contributed by atoms with E-state index in [1.54, 1.807) is 7.11 Å². The first-order chi connectivity index (χ1) is 9.86. The van der Waals surface area contributed by atoms with Gasteiger partial charge in [0.25, 0.3) is 0 Å². The van der Waals surface area contributed by atoms with Crippen LogP contribution >= 0.6 is 0 Å². The van der Waals surface area contributed by atoms with Crippen LogP contribution < -0.4 is 10.1 Å². The minimum absolute atomic E-state index is 0.907. The number of nitrogens with one attached hydrogen (secondary N) is 2. The van der Waals surface area contributed by atoms with E-state index in [9.17, 15) is 0 Å². The van der Waals surface area contributed by atoms with Crippen LogP contribution in [0.3, 0.4) is 0 Å². The van der Waals surface area contributed by atoms with Gasteiger partial charge in [-0.25, -0.2) is 0 Å². The van der Waals surface area contributed by atoms with Gasteiger partial charge in [0.2, 0.25) is 0 Å². The summed E-state index contributed by atoms with van der Waals surface area (Å²) < 4.78 is 5.27. The molecule has 2 aromatic rings. The standard InChI is InChI=1S/C16H23N3O/c1-20-14-3-4-15-13(12-18-16(15)11-14)5-9-19-8-2-6-17-7-10-19/h3-4,11-12,17-18H,2,5-10H2,1H3. The van der Waals surface area contributed by atoms with Gasteiger partial charge in [0, 0.05) is 42.8 Å². The van der Waals surface area contributed by atoms with E-state index in [2.05, 4.69) is 33.5 Å². The van der Waals surface area contributed by atoms with Crippen molar-refractivity contribution in [2.75, 3.05) is 39.8 Å². The van der Waals surface area contributed by atoms with E-state index < -0.39 is 0 Å². The Morgan fingerprint density at radius 2 is 2.20 bits per heavy atom. The Kier molecular flexibility index (Phi) is 4.23. The Bertz CT molecular complexity index is 556. The Morgan fingerprint density at radius 3 is 3.10 bits per heavy atom. The quantitative estimate of drug-likeness (QED) is 0.895. The second-order valence-corrected chi connectivity index (χ2v) is 5.42. The van der Waals surface area contributed by atoms with Crippen LogP contribution in [-0.2, 0) is 6.42 Å². The SMILES string of the molecule is COc1ccc2c(CCN3CCCNCC3)c[nH]c2c1. The third-order valence-electron chi connectivity index (χ3n) is 4.10. The number of nitrogens with zero attached hydrogens (tertiary/aromatic N) is 1. The van der Waals surface area contributed by atoms with Crippen molar-refractivity contribution in [3.63, 3.8) is 0 Å². The Balaban J connectivity index is 1.68. The third-order valence-corrected chi connectivity index (χ3v) is 4.10. The Hall–Kier alpha value is -1.52. The lowest BCUT2D eigenvalue weighted by Gasteiger charge is -2.18. The lowest BCUT2D eigenvalue weighted by molar-refractivity contribution is 0.296. The maximum Gasteiger partial charge on any atom is 0.120 e. The van der Waals surface area contributed by atoms with Gasteiger partial charge in [-0.05, 0) is 43.6 Å². The number of hydrogen-bond donors (Lipinski definition) is 2. The van der Waals surface area contributed by atoms with Crippen molar-refractivity contribution in [2.45, 2.75) is 12.8 Å². The molecule has 0 amide bonds. The van der Waals surface area contributed by atoms with Gasteiger partial charge in [-0.2, -0.15) is 0 Å². The van der Waals surface area contributed by atoms with Crippen molar-refractivity contribution in [1.29, 1.82) is 0 Å². The van der Waals surface area contributed by atoms with Gasteiger partial charge >= 0.3 is 0 Å². The first-order valence-electron chi connectivity index (χ1n) is 7.44. The second-order valence-electron chi connectivity index (χ2n) is 5.42. The molecule has 4 heteroatoms. The molecule has 0 unspecified atom stereocenters. The van der Waals surface area contributed by atoms with Crippen molar-refractivity contribution in [1.82, 2.24) is 15.2 Å². The molecule has 2 heterocycles. The summed E-state index contributed by atoms with van der Waals surface area (Å²) in [6.45, 7) is 5.79. The van der Waals surface area contributed by atoms with Gasteiger partial charge in [0.05, 0.1) is 7.11 Å². The van der Waals surface area contributed by atoms with Crippen molar-refractivity contribution in [2.24, 2.45) is 0 Å². The van der Waals surface area contributed by atoms with E-state index in [0.29, 0.717) is 0 Å². The molecule has 1 saturated heterocycles. The van der Waals surface area contributed by atoms with E-state index in [1.165, 1.54) is 23.9 Å². The first-order valence-corrected chi connectivity index (χ1v) is 7.44. The van der Waals surface area contributed by atoms with Crippen LogP contribution in [0, 0.1) is 0 Å². The molecule has 3 rings (SSSR count). The van der Waals surface area contributed by atoms with Crippen LogP contribution in [0.2, 0.25) is 0 Å². The van der Waals surface area contributed by atoms with Gasteiger partial charge in [-0.1, -0.05) is 0 Å². The van der Waals surface area contributed by atoms with Crippen LogP contribution in [0.15, 0.2) is 24.4 Å². The summed E-state index contributed by atoms with van der Waals surface area (Å²) in [5, 5.41) is 4.77. The molecule has 0 spiro atoms. The zero-order chi connectivity index (χ0) is 13.8. The summed E-state index contributed by atoms with van der Waals surface area (Å²) in [5.41, 5.74) is 2.57. The molecule has 1 aliphatic heterocycles. The lowest BCUT2D eigenvalue weighted by Crippen LogP contribution is -2.30. The van der Waals surface area contributed by atoms with Gasteiger partial charge in [-0.3, -0.25) is 0 Å². The van der Waals surface area contributed by atoms with Gasteiger partial charge in [-0.15, -0.1) is 0 Å². The zero-order valence-corrected chi connectivity index (χ0v) is 12.1. The number of rotatable bonds is 4. The largest absolute Gasteiger partial charge is 0.497 e. The summed E-state index contributed by atoms with van der Waals surface area (Å²) in [6.07, 6.45) is 4.50. The maximum atomic E-state index is 5.27. The summed E-state index contributed by atoms with van der Waals surface area (Å²) in [6, 6.07) is 6.26. The number of aromatic nitrogens is 1. The van der Waals surface area contributed by atoms with E-state index in [0.717, 1.165) is 43.9 Å². The molecule has 0 aliphatic carbocycles. The number of hydrogen-bond acceptors (Lipinski definition) is 3. The first kappa shape index (κ1) is 13.5. The van der Waals surface area contributed by atoms with E-state index >= 15 is 0 Å². The summed E-state index contributed by atoms with van der Waals surface area (Å²) in [4.78, 5) is 5.91. The minimum Gasteiger partial charge on any atom is -0.497 e. The van der Waals surface area contributed by atoms with Gasteiger partial charge < -0.3 is 19.9 Å². The van der Waals surface area contributed by atoms with Crippen molar-refractivity contribution in [3.05, 3.63) is 30.0 Å². The smallest absolute Gasteiger partial charge is 0.120 e. The molecule has 1 aliphatic rings. The fourth-order valence-electron chi connectivity index (χ4n) is 2.90. The van der Waals surface area contributed by atoms with Crippen LogP contribution in [0.5, 0.6) is 5.75 Å². The average Bonchev–Trinajstić information content (AvgIpc) is 2.70. The van der Waals surface area contributed by atoms with Crippen LogP contribution in [-0.4, -0.2) is 49.7 Å². The third kappa shape index (κ3) is 2.97. The number of benzene rings is 1. The van der Waals surface area contributed by atoms with Gasteiger partial charge in [0.1, 0.15) is 5.75 Å². The Morgan fingerprint density at radius 1 is 1.25 bits per heavy atom. The summed E-state index contributed by atoms with van der Waals surface area (Å²) in [7, 11) is 1.71. The average molecular weight is 273 g/mol. The van der Waals surface area contributed by atoms with E-state index in [-0.39, 0.29) is 0 Å². The second kappa shape index (κ2) is 6.29. The molecule has 1 fully saturated rings. The predicted octanol–water partition coefficient (Wildman–Crippen LogP) is 2.01. The number of aromatic amines is 1. The van der Waals surface area contributed by atoms with Gasteiger partial charge in [0.15, 0.2) is 0 Å². The molecule has 1 aromatic carbocycles. The molecule has 108 valence electrons. The normalized spacial score (nSPS) is 17.2. The molecule has 0 bridgehead atoms. The molecular weight excluding hydrogens is 250 g/mol. The highest BCUT2D eigenvalue weighted by atomic mass is 16.5. The van der Waals surface area contributed by atoms with E-state index in [1.807, 2.05) is 6.07 Å². The van der Waals surface area contributed by atoms with Crippen molar-refractivity contribution < 1.29 is 4.74 Å². The van der Waals surface area contributed by atoms with Crippen LogP contribution in [0.1, 0.15) is 12.0 Å². The van der Waals surface area contributed by atoms with Crippen molar-refractivity contribution >= 4 is 10.9 Å². The highest BCUT2D eigenvalue weighted by molar-refractivity contribution is 5.84. The fraction of sp³-hybridized carbons (Fsp3) is 0.500. The predicted molar refractivity (Wildman–Crippen MR) is 82.5 cm³/mol. The zero-order valence-electron chi connectivity index (χ0n) is 12.1. The molecule has 20 heavy (non-hydrogen) atoms. The molecule has 4 nitrogen and oxygen atoms in total. The fourth-order valence-corrected chi connectivity index (χ4v) is 2.90. The molecule has 0 saturated carbocycles. The molecule has 0 atom stereocenters. The van der Waals surface area contributed by atoms with Crippen molar-refractivity contribution in [3.8, 4) is 5.75 Å². The maximum absolute atomic E-state index is 5.27. The highest BCUT2D eigenvalue weighted by Gasteiger charge is 2.10. The number of fused-ring (bicyclic) bond motifs is 1. The molecule has 0 radical (unpaired) electrons. The van der Waals surface area contributed by atoms with Crippen LogP contribution in [0.25, 0.3) is 10.9 Å². The molecule has 1 aromatic heterocycles. The van der Waals surface area contributed by atoms with Crippen LogP contribution in [0.4, 0.5) is 0 Å². The van der Waals surface area contributed by atoms with E-state index in [4.69, 9.17) is 4.74 Å². The lowest BCUT2D eigenvalue weighted by atomic mass is 10.1. The molecule has 2 N–H and O–H groups in total. The summed E-state index contributed by atoms with van der Waals surface area (Å²) >= 11 is 0. The summed E-state index contributed by atoms with van der Waals surface area (Å²) in [5.74, 6) is 0.907. The molecular formula is C16H23N3O. The highest BCUT2D eigenvalue weighted by Crippen LogP contribution is 2.23. The minimum atomic E-state index is 0.907. The topological polar surface area (TPSA) is 40.3 Å². The Labute approximate surface area is 120 Å². The number of ether oxygens (including phenoxy) is 1. The number of methoxy groups -OCH3 is 1. The monoisotopic (exact) mass is 273 g/mol.